The average Bonchev–Trinajstić information content (AvgIpc) is 3.26. The van der Waals surface area contributed by atoms with E-state index < -0.39 is 74.2 Å². The zero-order valence-corrected chi connectivity index (χ0v) is 38.4. The second-order valence-electron chi connectivity index (χ2n) is 17.1. The largest absolute Gasteiger partial charge is 0.394 e. The second-order valence-corrected chi connectivity index (χ2v) is 17.1. The van der Waals surface area contributed by atoms with Crippen molar-refractivity contribution in [3.05, 3.63) is 48.6 Å². The summed E-state index contributed by atoms with van der Waals surface area (Å²) in [6.07, 6.45) is 36.4. The molecule has 9 atom stereocenters. The van der Waals surface area contributed by atoms with E-state index in [4.69, 9.17) is 9.47 Å². The Labute approximate surface area is 370 Å². The Morgan fingerprint density at radius 2 is 0.984 bits per heavy atom. The molecule has 11 nitrogen and oxygen atoms in total. The van der Waals surface area contributed by atoms with Gasteiger partial charge in [-0.3, -0.25) is 4.79 Å². The molecule has 11 heteroatoms. The van der Waals surface area contributed by atoms with Crippen LogP contribution in [0.1, 0.15) is 194 Å². The Bertz CT molecular complexity index is 1130. The Kier molecular flexibility index (Phi) is 37.1. The molecule has 1 aliphatic rings. The molecule has 1 fully saturated rings. The third-order valence-electron chi connectivity index (χ3n) is 11.6. The SMILES string of the molecule is CCCCCC/C=C\CCC(O)C(=O)NC(COC1OC(CO)C(O)C(O)C1O)C(O)C(O)CCC/C=C/CC/C=C/CC/C=C/CCCCCCCCCCCCCCC. The van der Waals surface area contributed by atoms with Crippen molar-refractivity contribution in [3.63, 3.8) is 0 Å². The van der Waals surface area contributed by atoms with Crippen molar-refractivity contribution in [2.45, 2.75) is 249 Å². The van der Waals surface area contributed by atoms with Crippen LogP contribution in [0.2, 0.25) is 0 Å². The maximum Gasteiger partial charge on any atom is 0.249 e. The average molecular weight is 866 g/mol. The highest BCUT2D eigenvalue weighted by Crippen LogP contribution is 2.23. The summed E-state index contributed by atoms with van der Waals surface area (Å²) in [7, 11) is 0. The lowest BCUT2D eigenvalue weighted by Crippen LogP contribution is -2.60. The van der Waals surface area contributed by atoms with Gasteiger partial charge in [-0.05, 0) is 83.5 Å². The lowest BCUT2D eigenvalue weighted by Gasteiger charge is -2.40. The van der Waals surface area contributed by atoms with E-state index in [0.717, 1.165) is 38.5 Å². The first-order valence-corrected chi connectivity index (χ1v) is 24.5. The minimum Gasteiger partial charge on any atom is -0.394 e. The van der Waals surface area contributed by atoms with Crippen LogP contribution in [0.3, 0.4) is 0 Å². The summed E-state index contributed by atoms with van der Waals surface area (Å²) in [6, 6.07) is -1.21. The summed E-state index contributed by atoms with van der Waals surface area (Å²) in [5.41, 5.74) is 0. The molecule has 0 aromatic heterocycles. The predicted molar refractivity (Wildman–Crippen MR) is 247 cm³/mol. The number of hydrogen-bond donors (Lipinski definition) is 8. The number of aliphatic hydroxyl groups excluding tert-OH is 7. The standard InChI is InChI=1S/C50H91NO10/c1-3-5-7-9-11-13-14-15-16-17-18-19-20-21-22-23-24-25-26-27-28-29-30-32-33-35-37-42(53)45(55)41(40-60-50-48(58)47(57)46(56)44(39-52)61-50)51-49(59)43(54)38-36-34-31-12-10-8-6-4-2/h22-23,26-27,30-32,34,41-48,50,52-58H,3-21,24-25,28-29,33,35-40H2,1-2H3,(H,51,59)/b23-22+,27-26+,32-30+,34-31-. The van der Waals surface area contributed by atoms with Crippen LogP contribution in [0.25, 0.3) is 0 Å². The van der Waals surface area contributed by atoms with E-state index in [9.17, 15) is 40.5 Å². The van der Waals surface area contributed by atoms with E-state index in [1.165, 1.54) is 109 Å². The van der Waals surface area contributed by atoms with E-state index in [1.807, 2.05) is 12.2 Å². The Morgan fingerprint density at radius 1 is 0.557 bits per heavy atom. The molecule has 1 heterocycles. The molecule has 0 radical (unpaired) electrons. The van der Waals surface area contributed by atoms with Crippen LogP contribution < -0.4 is 5.32 Å². The van der Waals surface area contributed by atoms with Crippen LogP contribution in [0.5, 0.6) is 0 Å². The Balaban J connectivity index is 2.37. The molecule has 1 amide bonds. The van der Waals surface area contributed by atoms with Crippen LogP contribution in [-0.2, 0) is 14.3 Å². The van der Waals surface area contributed by atoms with Crippen molar-refractivity contribution in [2.75, 3.05) is 13.2 Å². The Morgan fingerprint density at radius 3 is 1.48 bits per heavy atom. The molecule has 0 aromatic rings. The molecule has 356 valence electrons. The van der Waals surface area contributed by atoms with E-state index in [-0.39, 0.29) is 12.8 Å². The minimum absolute atomic E-state index is 0.162. The first kappa shape index (κ1) is 57.1. The predicted octanol–water partition coefficient (Wildman–Crippen LogP) is 8.56. The van der Waals surface area contributed by atoms with Gasteiger partial charge in [-0.15, -0.1) is 0 Å². The second kappa shape index (κ2) is 39.6. The summed E-state index contributed by atoms with van der Waals surface area (Å²) >= 11 is 0. The van der Waals surface area contributed by atoms with Gasteiger partial charge in [0, 0.05) is 0 Å². The quantitative estimate of drug-likeness (QED) is 0.0219. The van der Waals surface area contributed by atoms with Crippen LogP contribution in [0.15, 0.2) is 48.6 Å². The fourth-order valence-electron chi connectivity index (χ4n) is 7.47. The summed E-state index contributed by atoms with van der Waals surface area (Å²) in [6.45, 7) is 3.33. The molecular formula is C50H91NO10. The zero-order valence-electron chi connectivity index (χ0n) is 38.4. The number of nitrogens with one attached hydrogen (secondary N) is 1. The number of aliphatic hydroxyl groups is 7. The van der Waals surface area contributed by atoms with E-state index in [2.05, 4.69) is 55.6 Å². The summed E-state index contributed by atoms with van der Waals surface area (Å²) in [5.74, 6) is -0.751. The van der Waals surface area contributed by atoms with Crippen LogP contribution in [0, 0.1) is 0 Å². The van der Waals surface area contributed by atoms with Crippen molar-refractivity contribution in [3.8, 4) is 0 Å². The highest BCUT2D eigenvalue weighted by Gasteiger charge is 2.44. The fourth-order valence-corrected chi connectivity index (χ4v) is 7.47. The van der Waals surface area contributed by atoms with Gasteiger partial charge in [-0.1, -0.05) is 159 Å². The number of carbonyl (C=O) groups is 1. The maximum absolute atomic E-state index is 13.0. The molecule has 1 aliphatic heterocycles. The molecule has 0 spiro atoms. The van der Waals surface area contributed by atoms with Crippen LogP contribution >= 0.6 is 0 Å². The number of unbranched alkanes of at least 4 members (excludes halogenated alkanes) is 20. The topological polar surface area (TPSA) is 189 Å². The first-order chi connectivity index (χ1) is 29.7. The molecule has 0 saturated carbocycles. The normalized spacial score (nSPS) is 21.9. The van der Waals surface area contributed by atoms with Crippen LogP contribution in [-0.4, -0.2) is 110 Å². The molecule has 0 aromatic carbocycles. The molecule has 9 unspecified atom stereocenters. The van der Waals surface area contributed by atoms with Crippen molar-refractivity contribution in [1.82, 2.24) is 5.32 Å². The molecule has 8 N–H and O–H groups in total. The zero-order chi connectivity index (χ0) is 44.8. The van der Waals surface area contributed by atoms with Gasteiger partial charge < -0.3 is 50.5 Å². The van der Waals surface area contributed by atoms with Gasteiger partial charge in [0.05, 0.1) is 25.4 Å². The highest BCUT2D eigenvalue weighted by molar-refractivity contribution is 5.80. The third-order valence-corrected chi connectivity index (χ3v) is 11.6. The summed E-state index contributed by atoms with van der Waals surface area (Å²) in [5, 5.41) is 75.3. The number of amides is 1. The van der Waals surface area contributed by atoms with Crippen molar-refractivity contribution >= 4 is 5.91 Å². The van der Waals surface area contributed by atoms with Crippen molar-refractivity contribution in [2.24, 2.45) is 0 Å². The maximum atomic E-state index is 13.0. The van der Waals surface area contributed by atoms with Crippen molar-refractivity contribution < 1.29 is 50.0 Å². The van der Waals surface area contributed by atoms with Crippen LogP contribution in [0.4, 0.5) is 0 Å². The number of ether oxygens (including phenoxy) is 2. The number of rotatable bonds is 40. The lowest BCUT2D eigenvalue weighted by molar-refractivity contribution is -0.303. The summed E-state index contributed by atoms with van der Waals surface area (Å²) < 4.78 is 11.0. The fraction of sp³-hybridized carbons (Fsp3) is 0.820. The van der Waals surface area contributed by atoms with Gasteiger partial charge in [0.2, 0.25) is 5.91 Å². The van der Waals surface area contributed by atoms with Gasteiger partial charge in [0.15, 0.2) is 6.29 Å². The van der Waals surface area contributed by atoms with Gasteiger partial charge >= 0.3 is 0 Å². The van der Waals surface area contributed by atoms with Crippen molar-refractivity contribution in [1.29, 1.82) is 0 Å². The molecule has 0 aliphatic carbocycles. The monoisotopic (exact) mass is 866 g/mol. The van der Waals surface area contributed by atoms with E-state index in [0.29, 0.717) is 19.3 Å². The van der Waals surface area contributed by atoms with Gasteiger partial charge in [0.1, 0.15) is 36.6 Å². The Hall–Kier alpha value is -1.93. The highest BCUT2D eigenvalue weighted by atomic mass is 16.7. The van der Waals surface area contributed by atoms with Gasteiger partial charge in [-0.25, -0.2) is 0 Å². The van der Waals surface area contributed by atoms with Gasteiger partial charge in [-0.2, -0.15) is 0 Å². The molecule has 1 saturated heterocycles. The molecular weight excluding hydrogens is 775 g/mol. The lowest BCUT2D eigenvalue weighted by atomic mass is 9.99. The molecule has 0 bridgehead atoms. The number of carbonyl (C=O) groups excluding carboxylic acids is 1. The molecule has 61 heavy (non-hydrogen) atoms. The van der Waals surface area contributed by atoms with E-state index in [1.54, 1.807) is 0 Å². The minimum atomic E-state index is -1.68. The van der Waals surface area contributed by atoms with E-state index >= 15 is 0 Å². The number of hydrogen-bond acceptors (Lipinski definition) is 10. The summed E-state index contributed by atoms with van der Waals surface area (Å²) in [4.78, 5) is 13.0. The van der Waals surface area contributed by atoms with Gasteiger partial charge in [0.25, 0.3) is 0 Å². The number of allylic oxidation sites excluding steroid dienone is 8. The first-order valence-electron chi connectivity index (χ1n) is 24.5. The smallest absolute Gasteiger partial charge is 0.249 e. The third kappa shape index (κ3) is 29.2. The molecule has 1 rings (SSSR count).